The summed E-state index contributed by atoms with van der Waals surface area (Å²) in [4.78, 5) is 11.8. The van der Waals surface area contributed by atoms with E-state index in [1.807, 2.05) is 6.92 Å². The first-order chi connectivity index (χ1) is 8.10. The molecule has 1 rings (SSSR count). The van der Waals surface area contributed by atoms with Crippen LogP contribution in [0.25, 0.3) is 0 Å². The van der Waals surface area contributed by atoms with E-state index >= 15 is 0 Å². The summed E-state index contributed by atoms with van der Waals surface area (Å²) in [5, 5.41) is 12.0. The third-order valence-electron chi connectivity index (χ3n) is 2.41. The molecule has 0 saturated carbocycles. The molecule has 0 radical (unpaired) electrons. The van der Waals surface area contributed by atoms with Crippen molar-refractivity contribution < 1.29 is 14.3 Å². The van der Waals surface area contributed by atoms with Gasteiger partial charge in [0.05, 0.1) is 0 Å². The van der Waals surface area contributed by atoms with Crippen molar-refractivity contribution in [1.82, 2.24) is 5.32 Å². The van der Waals surface area contributed by atoms with E-state index in [-0.39, 0.29) is 17.4 Å². The topological polar surface area (TPSA) is 49.3 Å². The van der Waals surface area contributed by atoms with E-state index in [4.69, 9.17) is 6.42 Å². The lowest BCUT2D eigenvalue weighted by atomic mass is 10.1. The van der Waals surface area contributed by atoms with Gasteiger partial charge in [-0.3, -0.25) is 4.79 Å². The molecule has 0 aliphatic rings. The van der Waals surface area contributed by atoms with Gasteiger partial charge in [-0.25, -0.2) is 4.39 Å². The van der Waals surface area contributed by atoms with Crippen LogP contribution in [-0.2, 0) is 0 Å². The number of hydrogen-bond acceptors (Lipinski definition) is 2. The Morgan fingerprint density at radius 2 is 2.35 bits per heavy atom. The van der Waals surface area contributed by atoms with Crippen LogP contribution >= 0.6 is 0 Å². The van der Waals surface area contributed by atoms with Crippen LogP contribution in [0.15, 0.2) is 18.2 Å². The standard InChI is InChI=1S/C13H14FNO2/c1-3-6-9(4-2)15-13(17)12-10(14)7-5-8-11(12)16/h1,5,7-9,16H,4,6H2,2H3,(H,15,17). The lowest BCUT2D eigenvalue weighted by Gasteiger charge is -2.15. The molecule has 90 valence electrons. The first kappa shape index (κ1) is 13.0. The van der Waals surface area contributed by atoms with Gasteiger partial charge >= 0.3 is 0 Å². The van der Waals surface area contributed by atoms with Crippen LogP contribution in [0.5, 0.6) is 5.75 Å². The SMILES string of the molecule is C#CCC(CC)NC(=O)c1c(O)cccc1F. The van der Waals surface area contributed by atoms with E-state index in [1.54, 1.807) is 0 Å². The molecule has 0 bridgehead atoms. The maximum atomic E-state index is 13.4. The predicted molar refractivity (Wildman–Crippen MR) is 63.1 cm³/mol. The zero-order chi connectivity index (χ0) is 12.8. The van der Waals surface area contributed by atoms with E-state index in [2.05, 4.69) is 11.2 Å². The van der Waals surface area contributed by atoms with Crippen LogP contribution in [0.2, 0.25) is 0 Å². The largest absolute Gasteiger partial charge is 0.507 e. The monoisotopic (exact) mass is 235 g/mol. The van der Waals surface area contributed by atoms with Crippen molar-refractivity contribution in [3.8, 4) is 18.1 Å². The third kappa shape index (κ3) is 3.22. The number of phenolic OH excluding ortho intramolecular Hbond substituents is 1. The van der Waals surface area contributed by atoms with Gasteiger partial charge in [0, 0.05) is 12.5 Å². The molecular formula is C13H14FNO2. The molecule has 0 aliphatic heterocycles. The number of terminal acetylenes is 1. The molecule has 1 atom stereocenters. The van der Waals surface area contributed by atoms with Crippen LogP contribution in [0, 0.1) is 18.2 Å². The van der Waals surface area contributed by atoms with Crippen molar-refractivity contribution in [3.63, 3.8) is 0 Å². The smallest absolute Gasteiger partial charge is 0.258 e. The lowest BCUT2D eigenvalue weighted by molar-refractivity contribution is 0.0929. The Hall–Kier alpha value is -2.02. The van der Waals surface area contributed by atoms with Gasteiger partial charge in [-0.1, -0.05) is 13.0 Å². The molecular weight excluding hydrogens is 221 g/mol. The summed E-state index contributed by atoms with van der Waals surface area (Å²) in [6, 6.07) is 3.50. The molecule has 0 heterocycles. The van der Waals surface area contributed by atoms with E-state index in [1.165, 1.54) is 12.1 Å². The number of benzene rings is 1. The number of hydrogen-bond donors (Lipinski definition) is 2. The Morgan fingerprint density at radius 1 is 1.65 bits per heavy atom. The predicted octanol–water partition coefficient (Wildman–Crippen LogP) is 2.06. The molecule has 2 N–H and O–H groups in total. The van der Waals surface area contributed by atoms with Gasteiger partial charge in [0.1, 0.15) is 17.1 Å². The van der Waals surface area contributed by atoms with E-state index in [0.29, 0.717) is 12.8 Å². The zero-order valence-corrected chi connectivity index (χ0v) is 9.53. The van der Waals surface area contributed by atoms with Crippen molar-refractivity contribution >= 4 is 5.91 Å². The number of amides is 1. The summed E-state index contributed by atoms with van der Waals surface area (Å²) in [5.41, 5.74) is -0.344. The molecule has 4 heteroatoms. The van der Waals surface area contributed by atoms with Gasteiger partial charge in [0.25, 0.3) is 5.91 Å². The van der Waals surface area contributed by atoms with Crippen molar-refractivity contribution in [2.75, 3.05) is 0 Å². The molecule has 0 aliphatic carbocycles. The molecule has 0 aromatic heterocycles. The maximum Gasteiger partial charge on any atom is 0.258 e. The Kier molecular flexibility index (Phi) is 4.53. The average molecular weight is 235 g/mol. The first-order valence-corrected chi connectivity index (χ1v) is 5.32. The second-order valence-electron chi connectivity index (χ2n) is 3.62. The summed E-state index contributed by atoms with van der Waals surface area (Å²) in [6.07, 6.45) is 6.17. The summed E-state index contributed by atoms with van der Waals surface area (Å²) >= 11 is 0. The molecule has 3 nitrogen and oxygen atoms in total. The highest BCUT2D eigenvalue weighted by Gasteiger charge is 2.18. The molecule has 1 aromatic rings. The number of rotatable bonds is 4. The Morgan fingerprint density at radius 3 is 2.88 bits per heavy atom. The maximum absolute atomic E-state index is 13.4. The first-order valence-electron chi connectivity index (χ1n) is 5.32. The fourth-order valence-corrected chi connectivity index (χ4v) is 1.43. The molecule has 0 spiro atoms. The highest BCUT2D eigenvalue weighted by molar-refractivity contribution is 5.97. The Balaban J connectivity index is 2.87. The van der Waals surface area contributed by atoms with Crippen LogP contribution in [0.4, 0.5) is 4.39 Å². The van der Waals surface area contributed by atoms with Crippen molar-refractivity contribution in [2.45, 2.75) is 25.8 Å². The average Bonchev–Trinajstić information content (AvgIpc) is 2.28. The molecule has 0 fully saturated rings. The second kappa shape index (κ2) is 5.90. The fraction of sp³-hybridized carbons (Fsp3) is 0.308. The van der Waals surface area contributed by atoms with Gasteiger partial charge in [0.15, 0.2) is 0 Å². The summed E-state index contributed by atoms with van der Waals surface area (Å²) in [7, 11) is 0. The van der Waals surface area contributed by atoms with Crippen molar-refractivity contribution in [1.29, 1.82) is 0 Å². The molecule has 1 aromatic carbocycles. The van der Waals surface area contributed by atoms with Crippen LogP contribution in [-0.4, -0.2) is 17.1 Å². The number of halogens is 1. The highest BCUT2D eigenvalue weighted by Crippen LogP contribution is 2.19. The van der Waals surface area contributed by atoms with Crippen LogP contribution in [0.3, 0.4) is 0 Å². The van der Waals surface area contributed by atoms with Gasteiger partial charge in [-0.15, -0.1) is 12.3 Å². The molecule has 17 heavy (non-hydrogen) atoms. The normalized spacial score (nSPS) is 11.6. The number of carbonyl (C=O) groups excluding carboxylic acids is 1. The van der Waals surface area contributed by atoms with E-state index in [0.717, 1.165) is 6.07 Å². The van der Waals surface area contributed by atoms with Gasteiger partial charge in [-0.05, 0) is 18.6 Å². The van der Waals surface area contributed by atoms with Crippen molar-refractivity contribution in [2.24, 2.45) is 0 Å². The van der Waals surface area contributed by atoms with E-state index in [9.17, 15) is 14.3 Å². The summed E-state index contributed by atoms with van der Waals surface area (Å²) < 4.78 is 13.4. The highest BCUT2D eigenvalue weighted by atomic mass is 19.1. The van der Waals surface area contributed by atoms with Crippen LogP contribution < -0.4 is 5.32 Å². The van der Waals surface area contributed by atoms with Gasteiger partial charge < -0.3 is 10.4 Å². The van der Waals surface area contributed by atoms with Crippen LogP contribution in [0.1, 0.15) is 30.1 Å². The third-order valence-corrected chi connectivity index (χ3v) is 2.41. The molecule has 0 saturated heterocycles. The summed E-state index contributed by atoms with van der Waals surface area (Å²) in [6.45, 7) is 1.86. The molecule has 1 unspecified atom stereocenters. The number of aromatic hydroxyl groups is 1. The quantitative estimate of drug-likeness (QED) is 0.785. The second-order valence-corrected chi connectivity index (χ2v) is 3.62. The Bertz CT molecular complexity index is 431. The van der Waals surface area contributed by atoms with E-state index < -0.39 is 11.7 Å². The molecule has 1 amide bonds. The number of phenols is 1. The van der Waals surface area contributed by atoms with Gasteiger partial charge in [-0.2, -0.15) is 0 Å². The minimum absolute atomic E-state index is 0.216. The minimum atomic E-state index is -0.752. The van der Waals surface area contributed by atoms with Gasteiger partial charge in [0.2, 0.25) is 0 Å². The fourth-order valence-electron chi connectivity index (χ4n) is 1.43. The Labute approximate surface area is 99.7 Å². The number of nitrogens with one attached hydrogen (secondary N) is 1. The number of carbonyl (C=O) groups is 1. The summed E-state index contributed by atoms with van der Waals surface area (Å²) in [5.74, 6) is 0.655. The zero-order valence-electron chi connectivity index (χ0n) is 9.53. The lowest BCUT2D eigenvalue weighted by Crippen LogP contribution is -2.34. The van der Waals surface area contributed by atoms with Crippen molar-refractivity contribution in [3.05, 3.63) is 29.6 Å². The minimum Gasteiger partial charge on any atom is -0.507 e.